The van der Waals surface area contributed by atoms with E-state index in [9.17, 15) is 14.0 Å². The van der Waals surface area contributed by atoms with Crippen molar-refractivity contribution in [2.45, 2.75) is 77.4 Å². The number of nitrogens with zero attached hydrogens (tertiary/aromatic N) is 1. The molecule has 1 aliphatic carbocycles. The van der Waals surface area contributed by atoms with Crippen molar-refractivity contribution in [3.05, 3.63) is 63.9 Å². The maximum Gasteiger partial charge on any atom is 0.261 e. The normalized spacial score (nSPS) is 15.1. The lowest BCUT2D eigenvalue weighted by Crippen LogP contribution is -2.50. The minimum Gasteiger partial charge on any atom is -0.483 e. The van der Waals surface area contributed by atoms with Crippen LogP contribution in [0.3, 0.4) is 0 Å². The summed E-state index contributed by atoms with van der Waals surface area (Å²) < 4.78 is 20.0. The maximum absolute atomic E-state index is 13.4. The van der Waals surface area contributed by atoms with Crippen LogP contribution in [-0.2, 0) is 21.5 Å². The molecule has 184 valence electrons. The minimum atomic E-state index is -0.687. The van der Waals surface area contributed by atoms with Crippen LogP contribution in [0.25, 0.3) is 0 Å². The first kappa shape index (κ1) is 26.2. The van der Waals surface area contributed by atoms with E-state index in [0.717, 1.165) is 41.3 Å². The first-order chi connectivity index (χ1) is 16.0. The molecule has 1 saturated carbocycles. The first-order valence-electron chi connectivity index (χ1n) is 11.8. The van der Waals surface area contributed by atoms with Crippen LogP contribution in [0.5, 0.6) is 5.75 Å². The number of benzene rings is 2. The predicted molar refractivity (Wildman–Crippen MR) is 135 cm³/mol. The molecule has 0 unspecified atom stereocenters. The topological polar surface area (TPSA) is 58.6 Å². The molecule has 1 fully saturated rings. The average molecular weight is 533 g/mol. The monoisotopic (exact) mass is 532 g/mol. The summed E-state index contributed by atoms with van der Waals surface area (Å²) in [5.74, 6) is -0.282. The molecular formula is C27H34BrFN2O3. The smallest absolute Gasteiger partial charge is 0.261 e. The summed E-state index contributed by atoms with van der Waals surface area (Å²) in [6.07, 6.45) is 4.14. The second-order valence-corrected chi connectivity index (χ2v) is 10.9. The average Bonchev–Trinajstić information content (AvgIpc) is 3.29. The molecule has 3 rings (SSSR count). The number of hydrogen-bond acceptors (Lipinski definition) is 3. The third-order valence-corrected chi connectivity index (χ3v) is 6.90. The number of hydrogen-bond donors (Lipinski definition) is 1. The van der Waals surface area contributed by atoms with E-state index in [4.69, 9.17) is 4.74 Å². The van der Waals surface area contributed by atoms with E-state index in [2.05, 4.69) is 42.0 Å². The van der Waals surface area contributed by atoms with Crippen LogP contribution in [0, 0.1) is 5.82 Å². The highest BCUT2D eigenvalue weighted by atomic mass is 79.9. The van der Waals surface area contributed by atoms with Crippen molar-refractivity contribution < 1.29 is 18.7 Å². The zero-order chi connectivity index (χ0) is 24.9. The second-order valence-electron chi connectivity index (χ2n) is 10.00. The van der Waals surface area contributed by atoms with E-state index >= 15 is 0 Å². The lowest BCUT2D eigenvalue weighted by molar-refractivity contribution is -0.142. The third-order valence-electron chi connectivity index (χ3n) is 6.28. The fourth-order valence-corrected chi connectivity index (χ4v) is 4.56. The van der Waals surface area contributed by atoms with E-state index in [-0.39, 0.29) is 42.2 Å². The Hall–Kier alpha value is -2.41. The second kappa shape index (κ2) is 11.3. The van der Waals surface area contributed by atoms with Gasteiger partial charge in [-0.1, -0.05) is 51.8 Å². The lowest BCUT2D eigenvalue weighted by Gasteiger charge is -2.29. The van der Waals surface area contributed by atoms with Gasteiger partial charge in [0.25, 0.3) is 5.91 Å². The molecule has 0 spiro atoms. The van der Waals surface area contributed by atoms with Gasteiger partial charge in [-0.2, -0.15) is 0 Å². The summed E-state index contributed by atoms with van der Waals surface area (Å²) in [5.41, 5.74) is 1.88. The molecule has 0 heterocycles. The van der Waals surface area contributed by atoms with Crippen molar-refractivity contribution in [2.75, 3.05) is 6.61 Å². The van der Waals surface area contributed by atoms with E-state index in [0.29, 0.717) is 5.75 Å². The molecule has 5 nitrogen and oxygen atoms in total. The summed E-state index contributed by atoms with van der Waals surface area (Å²) in [6, 6.07) is 11.3. The third kappa shape index (κ3) is 7.05. The van der Waals surface area contributed by atoms with Crippen molar-refractivity contribution in [3.8, 4) is 5.75 Å². The molecule has 0 saturated heterocycles. The number of carbonyl (C=O) groups excluding carboxylic acids is 2. The minimum absolute atomic E-state index is 0.00899. The fourth-order valence-electron chi connectivity index (χ4n) is 4.07. The van der Waals surface area contributed by atoms with E-state index in [1.807, 2.05) is 18.2 Å². The van der Waals surface area contributed by atoms with Gasteiger partial charge >= 0.3 is 0 Å². The lowest BCUT2D eigenvalue weighted by atomic mass is 9.87. The molecule has 1 N–H and O–H groups in total. The van der Waals surface area contributed by atoms with Crippen molar-refractivity contribution >= 4 is 27.7 Å². The highest BCUT2D eigenvalue weighted by Gasteiger charge is 2.29. The van der Waals surface area contributed by atoms with Gasteiger partial charge in [0.15, 0.2) is 6.61 Å². The number of carbonyl (C=O) groups is 2. The Morgan fingerprint density at radius 2 is 1.79 bits per heavy atom. The molecule has 2 aromatic carbocycles. The number of halogens is 2. The van der Waals surface area contributed by atoms with Crippen LogP contribution in [0.1, 0.15) is 64.5 Å². The van der Waals surface area contributed by atoms with Gasteiger partial charge in [-0.25, -0.2) is 4.39 Å². The molecule has 0 radical (unpaired) electrons. The quantitative estimate of drug-likeness (QED) is 0.471. The van der Waals surface area contributed by atoms with Gasteiger partial charge in [0.2, 0.25) is 5.91 Å². The van der Waals surface area contributed by atoms with Gasteiger partial charge in [-0.15, -0.1) is 0 Å². The van der Waals surface area contributed by atoms with Crippen molar-refractivity contribution in [3.63, 3.8) is 0 Å². The molecular weight excluding hydrogens is 499 g/mol. The Balaban J connectivity index is 1.72. The SMILES string of the molecule is C[C@@H](C(=O)NC1CCCC1)N(Cc1ccc(F)cc1)C(=O)COc1ccc(C(C)(C)C)cc1Br. The van der Waals surface area contributed by atoms with Gasteiger partial charge in [0.05, 0.1) is 4.47 Å². The van der Waals surface area contributed by atoms with Gasteiger partial charge in [0.1, 0.15) is 17.6 Å². The molecule has 1 aliphatic rings. The Morgan fingerprint density at radius 3 is 2.38 bits per heavy atom. The zero-order valence-corrected chi connectivity index (χ0v) is 22.0. The van der Waals surface area contributed by atoms with Gasteiger partial charge in [0, 0.05) is 12.6 Å². The van der Waals surface area contributed by atoms with Crippen LogP contribution in [0.4, 0.5) is 4.39 Å². The van der Waals surface area contributed by atoms with Crippen molar-refractivity contribution in [2.24, 2.45) is 0 Å². The maximum atomic E-state index is 13.4. The molecule has 2 aromatic rings. The highest BCUT2D eigenvalue weighted by molar-refractivity contribution is 9.10. The van der Waals surface area contributed by atoms with E-state index < -0.39 is 6.04 Å². The Morgan fingerprint density at radius 1 is 1.15 bits per heavy atom. The molecule has 2 amide bonds. The van der Waals surface area contributed by atoms with Crippen LogP contribution >= 0.6 is 15.9 Å². The standard InChI is InChI=1S/C27H34BrFN2O3/c1-18(26(33)30-22-7-5-6-8-22)31(16-19-9-12-21(29)13-10-19)25(32)17-34-24-14-11-20(15-23(24)28)27(2,3)4/h9-15,18,22H,5-8,16-17H2,1-4H3,(H,30,33)/t18-/m0/s1. The number of ether oxygens (including phenoxy) is 1. The molecule has 7 heteroatoms. The van der Waals surface area contributed by atoms with Crippen LogP contribution in [0.2, 0.25) is 0 Å². The summed E-state index contributed by atoms with van der Waals surface area (Å²) in [6.45, 7) is 8.08. The fraction of sp³-hybridized carbons (Fsp3) is 0.481. The summed E-state index contributed by atoms with van der Waals surface area (Å²) >= 11 is 3.54. The first-order valence-corrected chi connectivity index (χ1v) is 12.6. The van der Waals surface area contributed by atoms with Gasteiger partial charge < -0.3 is 15.0 Å². The van der Waals surface area contributed by atoms with E-state index in [1.54, 1.807) is 19.1 Å². The number of nitrogens with one attached hydrogen (secondary N) is 1. The van der Waals surface area contributed by atoms with Crippen molar-refractivity contribution in [1.82, 2.24) is 10.2 Å². The zero-order valence-electron chi connectivity index (χ0n) is 20.4. The highest BCUT2D eigenvalue weighted by Crippen LogP contribution is 2.31. The largest absolute Gasteiger partial charge is 0.483 e. The summed E-state index contributed by atoms with van der Waals surface area (Å²) in [7, 11) is 0. The molecule has 1 atom stereocenters. The van der Waals surface area contributed by atoms with Gasteiger partial charge in [-0.3, -0.25) is 9.59 Å². The Kier molecular flexibility index (Phi) is 8.74. The van der Waals surface area contributed by atoms with Crippen LogP contribution in [0.15, 0.2) is 46.9 Å². The van der Waals surface area contributed by atoms with E-state index in [1.165, 1.54) is 17.0 Å². The Labute approximate surface area is 210 Å². The van der Waals surface area contributed by atoms with Crippen molar-refractivity contribution in [1.29, 1.82) is 0 Å². The summed E-state index contributed by atoms with van der Waals surface area (Å²) in [4.78, 5) is 27.7. The Bertz CT molecular complexity index is 998. The van der Waals surface area contributed by atoms with Crippen LogP contribution < -0.4 is 10.1 Å². The van der Waals surface area contributed by atoms with Crippen LogP contribution in [-0.4, -0.2) is 35.4 Å². The molecule has 0 bridgehead atoms. The molecule has 0 aliphatic heterocycles. The predicted octanol–water partition coefficient (Wildman–Crippen LogP) is 5.74. The molecule has 0 aromatic heterocycles. The number of amides is 2. The number of rotatable bonds is 8. The summed E-state index contributed by atoms with van der Waals surface area (Å²) in [5, 5.41) is 3.07. The van der Waals surface area contributed by atoms with Gasteiger partial charge in [-0.05, 0) is 76.5 Å². The molecule has 34 heavy (non-hydrogen) atoms.